The summed E-state index contributed by atoms with van der Waals surface area (Å²) >= 11 is 0. The zero-order valence-electron chi connectivity index (χ0n) is 17.6. The van der Waals surface area contributed by atoms with Gasteiger partial charge in [0.05, 0.1) is 23.6 Å². The fourth-order valence-electron chi connectivity index (χ4n) is 4.86. The molecule has 1 heteroatoms. The monoisotopic (exact) mass is 343 g/mol. The van der Waals surface area contributed by atoms with Crippen LogP contribution in [-0.2, 0) is 0 Å². The summed E-state index contributed by atoms with van der Waals surface area (Å²) in [7, 11) is -0.795. The zero-order valence-corrected chi connectivity index (χ0v) is 18.4. The summed E-state index contributed by atoms with van der Waals surface area (Å²) in [5, 5.41) is 0.703. The molecule has 0 nitrogen and oxygen atoms in total. The van der Waals surface area contributed by atoms with Gasteiger partial charge in [-0.05, 0) is 52.4 Å². The van der Waals surface area contributed by atoms with Crippen LogP contribution in [0.1, 0.15) is 119 Å². The Morgan fingerprint density at radius 2 is 1.04 bits per heavy atom. The third kappa shape index (κ3) is 7.05. The SMILES string of the molecule is CCCCCCCC(CC)(CC)[P+](CC)(CC)CCCCCC. The Morgan fingerprint density at radius 1 is 0.565 bits per heavy atom. The predicted octanol–water partition coefficient (Wildman–Crippen LogP) is 8.54. The molecule has 0 rings (SSSR count). The molecule has 0 N–H and O–H groups in total. The number of unbranched alkanes of at least 4 members (excludes halogenated alkanes) is 7. The van der Waals surface area contributed by atoms with Gasteiger partial charge in [0.15, 0.2) is 0 Å². The van der Waals surface area contributed by atoms with Gasteiger partial charge >= 0.3 is 0 Å². The molecule has 0 spiro atoms. The highest BCUT2D eigenvalue weighted by atomic mass is 31.2. The van der Waals surface area contributed by atoms with Crippen molar-refractivity contribution in [3.05, 3.63) is 0 Å². The van der Waals surface area contributed by atoms with Crippen LogP contribution in [0.2, 0.25) is 0 Å². The van der Waals surface area contributed by atoms with Crippen LogP contribution in [0.5, 0.6) is 0 Å². The molecule has 0 aromatic carbocycles. The van der Waals surface area contributed by atoms with E-state index in [-0.39, 0.29) is 0 Å². The molecule has 0 amide bonds. The summed E-state index contributed by atoms with van der Waals surface area (Å²) in [4.78, 5) is 0. The van der Waals surface area contributed by atoms with Gasteiger partial charge in [0, 0.05) is 7.26 Å². The Kier molecular flexibility index (Phi) is 13.9. The summed E-state index contributed by atoms with van der Waals surface area (Å²) in [6.07, 6.45) is 21.9. The topological polar surface area (TPSA) is 0 Å². The van der Waals surface area contributed by atoms with Crippen molar-refractivity contribution < 1.29 is 0 Å². The van der Waals surface area contributed by atoms with E-state index in [4.69, 9.17) is 0 Å². The lowest BCUT2D eigenvalue weighted by molar-refractivity contribution is 0.454. The average Bonchev–Trinajstić information content (AvgIpc) is 2.59. The standard InChI is InChI=1S/C22H48P/c1-7-13-15-17-18-20-22(9-3,10-4)23(11-5,12-6)21-19-16-14-8-2/h7-21H2,1-6H3/q+1. The van der Waals surface area contributed by atoms with Crippen molar-refractivity contribution >= 4 is 7.26 Å². The van der Waals surface area contributed by atoms with Gasteiger partial charge in [-0.2, -0.15) is 0 Å². The lowest BCUT2D eigenvalue weighted by Gasteiger charge is -2.44. The van der Waals surface area contributed by atoms with Crippen LogP contribution in [0.15, 0.2) is 0 Å². The smallest absolute Gasteiger partial charge is 0.0654 e. The minimum absolute atomic E-state index is 0.703. The molecule has 0 fully saturated rings. The van der Waals surface area contributed by atoms with Crippen molar-refractivity contribution in [1.29, 1.82) is 0 Å². The second-order valence-corrected chi connectivity index (χ2v) is 12.6. The highest BCUT2D eigenvalue weighted by Crippen LogP contribution is 2.72. The Bertz CT molecular complexity index is 251. The van der Waals surface area contributed by atoms with Gasteiger partial charge in [0.25, 0.3) is 0 Å². The largest absolute Gasteiger partial charge is 0.0794 e. The van der Waals surface area contributed by atoms with E-state index in [1.807, 2.05) is 0 Å². The van der Waals surface area contributed by atoms with Gasteiger partial charge in [-0.1, -0.05) is 66.2 Å². The van der Waals surface area contributed by atoms with E-state index in [1.165, 1.54) is 89.4 Å². The molecule has 0 saturated heterocycles. The van der Waals surface area contributed by atoms with Crippen molar-refractivity contribution in [1.82, 2.24) is 0 Å². The van der Waals surface area contributed by atoms with E-state index in [0.717, 1.165) is 0 Å². The summed E-state index contributed by atoms with van der Waals surface area (Å²) in [5.41, 5.74) is 0. The second-order valence-electron chi connectivity index (χ2n) is 7.66. The normalized spacial score (nSPS) is 12.8. The van der Waals surface area contributed by atoms with Crippen LogP contribution >= 0.6 is 7.26 Å². The molecule has 23 heavy (non-hydrogen) atoms. The molecule has 0 aliphatic heterocycles. The highest BCUT2D eigenvalue weighted by Gasteiger charge is 2.51. The van der Waals surface area contributed by atoms with Crippen molar-refractivity contribution in [2.24, 2.45) is 0 Å². The highest BCUT2D eigenvalue weighted by molar-refractivity contribution is 7.77. The Labute approximate surface area is 149 Å². The van der Waals surface area contributed by atoms with E-state index >= 15 is 0 Å². The first-order valence-electron chi connectivity index (χ1n) is 11.0. The Hall–Kier alpha value is 0.430. The van der Waals surface area contributed by atoms with Gasteiger partial charge in [-0.3, -0.25) is 0 Å². The number of hydrogen-bond donors (Lipinski definition) is 0. The van der Waals surface area contributed by atoms with Gasteiger partial charge in [-0.15, -0.1) is 0 Å². The van der Waals surface area contributed by atoms with Crippen LogP contribution in [0.3, 0.4) is 0 Å². The number of hydrogen-bond acceptors (Lipinski definition) is 0. The first kappa shape index (κ1) is 23.4. The molecule has 0 atom stereocenters. The van der Waals surface area contributed by atoms with Crippen LogP contribution < -0.4 is 0 Å². The Balaban J connectivity index is 4.89. The molecule has 0 aliphatic carbocycles. The van der Waals surface area contributed by atoms with Crippen molar-refractivity contribution in [3.63, 3.8) is 0 Å². The van der Waals surface area contributed by atoms with E-state index in [1.54, 1.807) is 6.16 Å². The predicted molar refractivity (Wildman–Crippen MR) is 114 cm³/mol. The lowest BCUT2D eigenvalue weighted by Crippen LogP contribution is -2.35. The Morgan fingerprint density at radius 3 is 1.48 bits per heavy atom. The van der Waals surface area contributed by atoms with Crippen LogP contribution in [0.25, 0.3) is 0 Å². The first-order chi connectivity index (χ1) is 11.1. The van der Waals surface area contributed by atoms with E-state index < -0.39 is 7.26 Å². The van der Waals surface area contributed by atoms with E-state index in [0.29, 0.717) is 5.16 Å². The zero-order chi connectivity index (χ0) is 17.6. The van der Waals surface area contributed by atoms with Crippen LogP contribution in [0.4, 0.5) is 0 Å². The minimum Gasteiger partial charge on any atom is -0.0654 e. The second kappa shape index (κ2) is 13.7. The summed E-state index contributed by atoms with van der Waals surface area (Å²) in [5.74, 6) is 0. The summed E-state index contributed by atoms with van der Waals surface area (Å²) in [6, 6.07) is 0. The van der Waals surface area contributed by atoms with Crippen molar-refractivity contribution in [3.8, 4) is 0 Å². The van der Waals surface area contributed by atoms with Gasteiger partial charge < -0.3 is 0 Å². The minimum atomic E-state index is -0.795. The lowest BCUT2D eigenvalue weighted by atomic mass is 9.94. The number of rotatable bonds is 16. The fourth-order valence-corrected chi connectivity index (χ4v) is 10.6. The van der Waals surface area contributed by atoms with Gasteiger partial charge in [0.2, 0.25) is 0 Å². The van der Waals surface area contributed by atoms with Gasteiger partial charge in [-0.25, -0.2) is 0 Å². The molecule has 0 aromatic rings. The maximum Gasteiger partial charge on any atom is 0.0794 e. The summed E-state index contributed by atoms with van der Waals surface area (Å²) < 4.78 is 0. The van der Waals surface area contributed by atoms with Crippen molar-refractivity contribution in [2.75, 3.05) is 18.5 Å². The molecule has 140 valence electrons. The third-order valence-electron chi connectivity index (χ3n) is 6.72. The molecule has 0 saturated carbocycles. The van der Waals surface area contributed by atoms with E-state index in [2.05, 4.69) is 41.5 Å². The third-order valence-corrected chi connectivity index (χ3v) is 13.2. The molecule has 0 aromatic heterocycles. The maximum atomic E-state index is 2.52. The van der Waals surface area contributed by atoms with E-state index in [9.17, 15) is 0 Å². The molecule has 0 heterocycles. The van der Waals surface area contributed by atoms with Crippen LogP contribution in [0, 0.1) is 0 Å². The summed E-state index contributed by atoms with van der Waals surface area (Å²) in [6.45, 7) is 14.7. The fraction of sp³-hybridized carbons (Fsp3) is 1.00. The van der Waals surface area contributed by atoms with Crippen molar-refractivity contribution in [2.45, 2.75) is 124 Å². The van der Waals surface area contributed by atoms with Gasteiger partial charge in [0.1, 0.15) is 0 Å². The van der Waals surface area contributed by atoms with Crippen LogP contribution in [-0.4, -0.2) is 23.6 Å². The molecular weight excluding hydrogens is 295 g/mol. The average molecular weight is 344 g/mol. The molecular formula is C22H48P+. The molecule has 0 radical (unpaired) electrons. The molecule has 0 bridgehead atoms. The molecule has 0 unspecified atom stereocenters. The molecule has 0 aliphatic rings. The quantitative estimate of drug-likeness (QED) is 0.194. The first-order valence-corrected chi connectivity index (χ1v) is 13.3. The maximum absolute atomic E-state index is 2.52.